The number of aromatic nitrogens is 1. The molecular formula is C18H25N5O. The van der Waals surface area contributed by atoms with Crippen LogP contribution in [0, 0.1) is 0 Å². The molecule has 0 saturated carbocycles. The van der Waals surface area contributed by atoms with Gasteiger partial charge in [0, 0.05) is 25.8 Å². The number of nitrogens with one attached hydrogen (secondary N) is 2. The number of guanidine groups is 1. The van der Waals surface area contributed by atoms with E-state index in [1.165, 1.54) is 12.8 Å². The zero-order valence-electron chi connectivity index (χ0n) is 14.2. The van der Waals surface area contributed by atoms with Crippen LogP contribution in [-0.4, -0.2) is 30.6 Å². The Balaban J connectivity index is 1.56. The molecule has 0 aliphatic carbocycles. The van der Waals surface area contributed by atoms with Crippen LogP contribution in [0.25, 0.3) is 0 Å². The van der Waals surface area contributed by atoms with Crippen molar-refractivity contribution in [3.63, 3.8) is 0 Å². The third kappa shape index (κ3) is 4.50. The Morgan fingerprint density at radius 2 is 2.12 bits per heavy atom. The Labute approximate surface area is 143 Å². The summed E-state index contributed by atoms with van der Waals surface area (Å²) in [6.45, 7) is 6.32. The van der Waals surface area contributed by atoms with Gasteiger partial charge < -0.3 is 20.0 Å². The van der Waals surface area contributed by atoms with Crippen LogP contribution in [0.2, 0.25) is 0 Å². The number of hydrogen-bond donors (Lipinski definition) is 2. The molecule has 1 aliphatic heterocycles. The summed E-state index contributed by atoms with van der Waals surface area (Å²) < 4.78 is 5.33. The molecule has 0 aromatic carbocycles. The van der Waals surface area contributed by atoms with Crippen molar-refractivity contribution >= 4 is 11.8 Å². The third-order valence-corrected chi connectivity index (χ3v) is 4.01. The van der Waals surface area contributed by atoms with Crippen molar-refractivity contribution in [2.45, 2.75) is 32.9 Å². The molecule has 2 N–H and O–H groups in total. The molecule has 0 bridgehead atoms. The molecule has 6 heteroatoms. The molecule has 2 aromatic heterocycles. The normalized spacial score (nSPS) is 14.9. The standard InChI is InChI=1S/C18H25N5O/c1-2-19-18(22-14-16-6-5-11-24-16)21-13-15-7-8-17(20-12-15)23-9-3-4-10-23/h5-8,11-12H,2-4,9-10,13-14H2,1H3,(H2,19,21,22). The molecule has 128 valence electrons. The number of aliphatic imine (C=N–C) groups is 1. The number of anilines is 1. The van der Waals surface area contributed by atoms with Crippen molar-refractivity contribution in [3.05, 3.63) is 48.0 Å². The smallest absolute Gasteiger partial charge is 0.191 e. The fourth-order valence-electron chi connectivity index (χ4n) is 2.74. The SMILES string of the molecule is CCNC(=NCc1ccc(N2CCCC2)nc1)NCc1ccco1. The lowest BCUT2D eigenvalue weighted by atomic mass is 10.3. The summed E-state index contributed by atoms with van der Waals surface area (Å²) >= 11 is 0. The van der Waals surface area contributed by atoms with E-state index in [0.29, 0.717) is 13.1 Å². The Hall–Kier alpha value is -2.50. The van der Waals surface area contributed by atoms with Crippen LogP contribution in [0.15, 0.2) is 46.1 Å². The molecule has 3 rings (SSSR count). The van der Waals surface area contributed by atoms with E-state index in [9.17, 15) is 0 Å². The fraction of sp³-hybridized carbons (Fsp3) is 0.444. The average molecular weight is 327 g/mol. The molecule has 1 aliphatic rings. The van der Waals surface area contributed by atoms with E-state index in [0.717, 1.165) is 42.7 Å². The predicted molar refractivity (Wildman–Crippen MR) is 96.0 cm³/mol. The van der Waals surface area contributed by atoms with Crippen LogP contribution in [0.5, 0.6) is 0 Å². The summed E-state index contributed by atoms with van der Waals surface area (Å²) in [6, 6.07) is 8.03. The van der Waals surface area contributed by atoms with Gasteiger partial charge in [-0.2, -0.15) is 0 Å². The molecule has 2 aromatic rings. The Morgan fingerprint density at radius 1 is 1.25 bits per heavy atom. The van der Waals surface area contributed by atoms with Gasteiger partial charge in [-0.3, -0.25) is 0 Å². The van der Waals surface area contributed by atoms with E-state index in [4.69, 9.17) is 4.42 Å². The van der Waals surface area contributed by atoms with Gasteiger partial charge in [-0.25, -0.2) is 9.98 Å². The molecule has 3 heterocycles. The maximum atomic E-state index is 5.33. The Bertz CT molecular complexity index is 630. The van der Waals surface area contributed by atoms with E-state index < -0.39 is 0 Å². The second-order valence-corrected chi connectivity index (χ2v) is 5.85. The van der Waals surface area contributed by atoms with E-state index in [2.05, 4.69) is 44.6 Å². The number of furan rings is 1. The molecule has 0 amide bonds. The second-order valence-electron chi connectivity index (χ2n) is 5.85. The van der Waals surface area contributed by atoms with Gasteiger partial charge in [0.25, 0.3) is 0 Å². The summed E-state index contributed by atoms with van der Waals surface area (Å²) in [5.41, 5.74) is 1.10. The summed E-state index contributed by atoms with van der Waals surface area (Å²) in [5, 5.41) is 6.51. The fourth-order valence-corrected chi connectivity index (χ4v) is 2.74. The van der Waals surface area contributed by atoms with Crippen molar-refractivity contribution in [1.82, 2.24) is 15.6 Å². The first kappa shape index (κ1) is 16.4. The van der Waals surface area contributed by atoms with Crippen LogP contribution >= 0.6 is 0 Å². The monoisotopic (exact) mass is 327 g/mol. The number of nitrogens with zero attached hydrogens (tertiary/aromatic N) is 3. The lowest BCUT2D eigenvalue weighted by Gasteiger charge is -2.16. The predicted octanol–water partition coefficient (Wildman–Crippen LogP) is 2.53. The molecular weight excluding hydrogens is 302 g/mol. The highest BCUT2D eigenvalue weighted by molar-refractivity contribution is 5.79. The van der Waals surface area contributed by atoms with Gasteiger partial charge in [0.05, 0.1) is 19.4 Å². The van der Waals surface area contributed by atoms with Gasteiger partial charge in [0.15, 0.2) is 5.96 Å². The van der Waals surface area contributed by atoms with Crippen molar-refractivity contribution in [1.29, 1.82) is 0 Å². The van der Waals surface area contributed by atoms with Crippen molar-refractivity contribution in [2.75, 3.05) is 24.5 Å². The molecule has 1 fully saturated rings. The zero-order valence-corrected chi connectivity index (χ0v) is 14.2. The molecule has 0 atom stereocenters. The van der Waals surface area contributed by atoms with Gasteiger partial charge in [-0.1, -0.05) is 6.07 Å². The number of pyridine rings is 1. The number of hydrogen-bond acceptors (Lipinski definition) is 4. The van der Waals surface area contributed by atoms with Gasteiger partial charge in [0.1, 0.15) is 11.6 Å². The maximum Gasteiger partial charge on any atom is 0.191 e. The van der Waals surface area contributed by atoms with E-state index in [1.807, 2.05) is 18.3 Å². The number of rotatable bonds is 6. The van der Waals surface area contributed by atoms with Crippen LogP contribution < -0.4 is 15.5 Å². The first-order chi connectivity index (χ1) is 11.8. The third-order valence-electron chi connectivity index (χ3n) is 4.01. The average Bonchev–Trinajstić information content (AvgIpc) is 3.31. The first-order valence-electron chi connectivity index (χ1n) is 8.59. The van der Waals surface area contributed by atoms with E-state index >= 15 is 0 Å². The molecule has 24 heavy (non-hydrogen) atoms. The zero-order chi connectivity index (χ0) is 16.6. The van der Waals surface area contributed by atoms with Gasteiger partial charge >= 0.3 is 0 Å². The Morgan fingerprint density at radius 3 is 2.79 bits per heavy atom. The highest BCUT2D eigenvalue weighted by Gasteiger charge is 2.12. The van der Waals surface area contributed by atoms with Gasteiger partial charge in [-0.15, -0.1) is 0 Å². The highest BCUT2D eigenvalue weighted by Crippen LogP contribution is 2.17. The molecule has 0 spiro atoms. The minimum Gasteiger partial charge on any atom is -0.467 e. The topological polar surface area (TPSA) is 65.7 Å². The quantitative estimate of drug-likeness (QED) is 0.630. The largest absolute Gasteiger partial charge is 0.467 e. The molecule has 6 nitrogen and oxygen atoms in total. The summed E-state index contributed by atoms with van der Waals surface area (Å²) in [4.78, 5) is 11.5. The van der Waals surface area contributed by atoms with Crippen LogP contribution in [0.3, 0.4) is 0 Å². The van der Waals surface area contributed by atoms with E-state index in [1.54, 1.807) is 6.26 Å². The van der Waals surface area contributed by atoms with Crippen LogP contribution in [0.1, 0.15) is 31.1 Å². The van der Waals surface area contributed by atoms with Crippen molar-refractivity contribution < 1.29 is 4.42 Å². The van der Waals surface area contributed by atoms with Crippen LogP contribution in [-0.2, 0) is 13.1 Å². The van der Waals surface area contributed by atoms with E-state index in [-0.39, 0.29) is 0 Å². The summed E-state index contributed by atoms with van der Waals surface area (Å²) in [6.07, 6.45) is 6.13. The Kier molecular flexibility index (Phi) is 5.71. The van der Waals surface area contributed by atoms with Gasteiger partial charge in [-0.05, 0) is 43.5 Å². The van der Waals surface area contributed by atoms with Gasteiger partial charge in [0.2, 0.25) is 0 Å². The highest BCUT2D eigenvalue weighted by atomic mass is 16.3. The molecule has 0 unspecified atom stereocenters. The molecule has 1 saturated heterocycles. The summed E-state index contributed by atoms with van der Waals surface area (Å²) in [7, 11) is 0. The first-order valence-corrected chi connectivity index (χ1v) is 8.59. The lowest BCUT2D eigenvalue weighted by molar-refractivity contribution is 0.501. The molecule has 0 radical (unpaired) electrons. The lowest BCUT2D eigenvalue weighted by Crippen LogP contribution is -2.36. The van der Waals surface area contributed by atoms with Crippen molar-refractivity contribution in [3.8, 4) is 0 Å². The second kappa shape index (κ2) is 8.38. The summed E-state index contributed by atoms with van der Waals surface area (Å²) in [5.74, 6) is 2.73. The van der Waals surface area contributed by atoms with Crippen molar-refractivity contribution in [2.24, 2.45) is 4.99 Å². The van der Waals surface area contributed by atoms with Crippen LogP contribution in [0.4, 0.5) is 5.82 Å². The minimum atomic E-state index is 0.598. The maximum absolute atomic E-state index is 5.33. The minimum absolute atomic E-state index is 0.598.